The summed E-state index contributed by atoms with van der Waals surface area (Å²) in [4.78, 5) is 0. The van der Waals surface area contributed by atoms with Gasteiger partial charge in [0.1, 0.15) is 11.2 Å². The van der Waals surface area contributed by atoms with Crippen molar-refractivity contribution in [3.05, 3.63) is 182 Å². The molecular formula is C52H30N2O. The van der Waals surface area contributed by atoms with Crippen LogP contribution in [-0.4, -0.2) is 9.13 Å². The second kappa shape index (κ2) is 10.6. The van der Waals surface area contributed by atoms with Crippen molar-refractivity contribution in [1.29, 1.82) is 0 Å². The molecule has 3 heterocycles. The van der Waals surface area contributed by atoms with E-state index >= 15 is 0 Å². The van der Waals surface area contributed by atoms with Crippen LogP contribution in [0.2, 0.25) is 0 Å². The molecule has 3 heteroatoms. The van der Waals surface area contributed by atoms with Crippen molar-refractivity contribution >= 4 is 76.3 Å². The SMILES string of the molecule is c1ccc(-c2ccc(-n3c4ccc5c6ccccc6oc5c4c4ccc5c6ccccc6n(-c6cc7c8c(cccc8c6)-c6ccccc6-7)c5c43)cc2)cc1. The highest BCUT2D eigenvalue weighted by Crippen LogP contribution is 2.50. The first-order chi connectivity index (χ1) is 27.3. The van der Waals surface area contributed by atoms with Crippen LogP contribution in [0.15, 0.2) is 186 Å². The predicted molar refractivity (Wildman–Crippen MR) is 230 cm³/mol. The molecule has 0 fully saturated rings. The topological polar surface area (TPSA) is 23.0 Å². The van der Waals surface area contributed by atoms with E-state index in [-0.39, 0.29) is 0 Å². The molecule has 0 aliphatic heterocycles. The van der Waals surface area contributed by atoms with Gasteiger partial charge in [-0.05, 0) is 92.7 Å². The number of hydrogen-bond donors (Lipinski definition) is 0. The fourth-order valence-electron chi connectivity index (χ4n) is 9.71. The minimum atomic E-state index is 0.905. The number of hydrogen-bond acceptors (Lipinski definition) is 1. The fraction of sp³-hybridized carbons (Fsp3) is 0. The Morgan fingerprint density at radius 1 is 0.345 bits per heavy atom. The Bertz CT molecular complexity index is 3580. The Morgan fingerprint density at radius 2 is 1.00 bits per heavy atom. The summed E-state index contributed by atoms with van der Waals surface area (Å²) in [6.07, 6.45) is 0. The van der Waals surface area contributed by atoms with Crippen LogP contribution in [0.5, 0.6) is 0 Å². The summed E-state index contributed by atoms with van der Waals surface area (Å²) in [7, 11) is 0. The third-order valence-electron chi connectivity index (χ3n) is 12.0. The van der Waals surface area contributed by atoms with Gasteiger partial charge in [0, 0.05) is 38.3 Å². The molecule has 0 atom stereocenters. The summed E-state index contributed by atoms with van der Waals surface area (Å²) in [5.74, 6) is 0. The first-order valence-electron chi connectivity index (χ1n) is 18.9. The average Bonchev–Trinajstić information content (AvgIpc) is 3.98. The number of fused-ring (bicyclic) bond motifs is 14. The molecule has 55 heavy (non-hydrogen) atoms. The van der Waals surface area contributed by atoms with Crippen molar-refractivity contribution in [2.45, 2.75) is 0 Å². The van der Waals surface area contributed by atoms with Crippen molar-refractivity contribution in [3.8, 4) is 44.8 Å². The second-order valence-electron chi connectivity index (χ2n) is 14.8. The van der Waals surface area contributed by atoms with Gasteiger partial charge < -0.3 is 13.6 Å². The highest BCUT2D eigenvalue weighted by molar-refractivity contribution is 6.29. The molecule has 0 spiro atoms. The van der Waals surface area contributed by atoms with E-state index in [1.165, 1.54) is 71.3 Å². The number of aromatic nitrogens is 2. The van der Waals surface area contributed by atoms with Gasteiger partial charge in [-0.2, -0.15) is 0 Å². The molecule has 0 bridgehead atoms. The smallest absolute Gasteiger partial charge is 0.145 e. The van der Waals surface area contributed by atoms with E-state index in [1.54, 1.807) is 0 Å². The third kappa shape index (κ3) is 3.84. The number of para-hydroxylation sites is 2. The molecule has 0 saturated heterocycles. The molecule has 0 unspecified atom stereocenters. The van der Waals surface area contributed by atoms with Gasteiger partial charge in [-0.3, -0.25) is 0 Å². The minimum Gasteiger partial charge on any atom is -0.455 e. The first-order valence-corrected chi connectivity index (χ1v) is 18.9. The third-order valence-corrected chi connectivity index (χ3v) is 12.0. The molecule has 13 rings (SSSR count). The van der Waals surface area contributed by atoms with Gasteiger partial charge in [0.05, 0.1) is 27.5 Å². The second-order valence-corrected chi connectivity index (χ2v) is 14.8. The standard InChI is InChI=1S/C52H30N2O/c1-2-11-31(12-3-1)32-21-23-34(24-22-32)53-46-28-27-42-39-17-7-9-20-47(39)55-52(42)49(46)43-26-25-41-38-16-6-8-19-45(38)54(50(41)51(43)53)35-29-33-13-10-18-40-36-14-4-5-15-37(36)44(30-35)48(33)40/h1-30H. The molecule has 0 N–H and O–H groups in total. The van der Waals surface area contributed by atoms with Crippen LogP contribution in [-0.2, 0) is 0 Å². The summed E-state index contributed by atoms with van der Waals surface area (Å²) in [6.45, 7) is 0. The van der Waals surface area contributed by atoms with Crippen molar-refractivity contribution in [2.75, 3.05) is 0 Å². The molecule has 254 valence electrons. The fourth-order valence-corrected chi connectivity index (χ4v) is 9.71. The Morgan fingerprint density at radius 3 is 1.87 bits per heavy atom. The normalized spacial score (nSPS) is 12.4. The van der Waals surface area contributed by atoms with Crippen molar-refractivity contribution < 1.29 is 4.42 Å². The summed E-state index contributed by atoms with van der Waals surface area (Å²) in [5, 5.41) is 9.60. The molecule has 12 aromatic rings. The molecule has 3 nitrogen and oxygen atoms in total. The molecule has 0 saturated carbocycles. The highest BCUT2D eigenvalue weighted by Gasteiger charge is 2.26. The Labute approximate surface area is 315 Å². The summed E-state index contributed by atoms with van der Waals surface area (Å²) < 4.78 is 11.8. The molecule has 0 radical (unpaired) electrons. The lowest BCUT2D eigenvalue weighted by Gasteiger charge is -2.14. The van der Waals surface area contributed by atoms with Crippen LogP contribution in [0, 0.1) is 0 Å². The zero-order valence-corrected chi connectivity index (χ0v) is 29.6. The maximum Gasteiger partial charge on any atom is 0.145 e. The maximum absolute atomic E-state index is 6.78. The summed E-state index contributed by atoms with van der Waals surface area (Å²) >= 11 is 0. The lowest BCUT2D eigenvalue weighted by molar-refractivity contribution is 0.673. The van der Waals surface area contributed by atoms with E-state index in [0.717, 1.165) is 49.7 Å². The number of nitrogens with zero attached hydrogens (tertiary/aromatic N) is 2. The lowest BCUT2D eigenvalue weighted by Crippen LogP contribution is -1.99. The zero-order valence-electron chi connectivity index (χ0n) is 29.6. The number of furan rings is 1. The minimum absolute atomic E-state index is 0.905. The molecular weight excluding hydrogens is 669 g/mol. The van der Waals surface area contributed by atoms with E-state index in [4.69, 9.17) is 4.42 Å². The van der Waals surface area contributed by atoms with Gasteiger partial charge in [-0.15, -0.1) is 0 Å². The number of benzene rings is 9. The van der Waals surface area contributed by atoms with Gasteiger partial charge >= 0.3 is 0 Å². The quantitative estimate of drug-likeness (QED) is 0.180. The Hall–Kier alpha value is -7.36. The molecule has 9 aromatic carbocycles. The van der Waals surface area contributed by atoms with Gasteiger partial charge in [-0.25, -0.2) is 0 Å². The van der Waals surface area contributed by atoms with Gasteiger partial charge in [-0.1, -0.05) is 133 Å². The van der Waals surface area contributed by atoms with Crippen molar-refractivity contribution in [3.63, 3.8) is 0 Å². The van der Waals surface area contributed by atoms with Crippen LogP contribution < -0.4 is 0 Å². The van der Waals surface area contributed by atoms with Crippen molar-refractivity contribution in [2.24, 2.45) is 0 Å². The lowest BCUT2D eigenvalue weighted by atomic mass is 10.0. The molecule has 3 aromatic heterocycles. The van der Waals surface area contributed by atoms with Crippen molar-refractivity contribution in [1.82, 2.24) is 9.13 Å². The largest absolute Gasteiger partial charge is 0.455 e. The van der Waals surface area contributed by atoms with Gasteiger partial charge in [0.15, 0.2) is 0 Å². The van der Waals surface area contributed by atoms with Crippen LogP contribution in [0.4, 0.5) is 0 Å². The summed E-state index contributed by atoms with van der Waals surface area (Å²) in [5.41, 5.74) is 16.3. The first kappa shape index (κ1) is 29.1. The van der Waals surface area contributed by atoms with Crippen LogP contribution >= 0.6 is 0 Å². The monoisotopic (exact) mass is 698 g/mol. The van der Waals surface area contributed by atoms with Crippen LogP contribution in [0.3, 0.4) is 0 Å². The van der Waals surface area contributed by atoms with E-state index in [9.17, 15) is 0 Å². The molecule has 1 aliphatic rings. The molecule has 0 amide bonds. The van der Waals surface area contributed by atoms with E-state index in [1.807, 2.05) is 0 Å². The highest BCUT2D eigenvalue weighted by atomic mass is 16.3. The van der Waals surface area contributed by atoms with Gasteiger partial charge in [0.25, 0.3) is 0 Å². The Balaban J connectivity index is 1.20. The maximum atomic E-state index is 6.78. The van der Waals surface area contributed by atoms with E-state index in [0.29, 0.717) is 0 Å². The zero-order chi connectivity index (χ0) is 35.8. The van der Waals surface area contributed by atoms with Crippen LogP contribution in [0.1, 0.15) is 0 Å². The summed E-state index contributed by atoms with van der Waals surface area (Å²) in [6, 6.07) is 66.5. The molecule has 1 aliphatic carbocycles. The van der Waals surface area contributed by atoms with Crippen LogP contribution in [0.25, 0.3) is 121 Å². The van der Waals surface area contributed by atoms with E-state index in [2.05, 4.69) is 191 Å². The average molecular weight is 699 g/mol. The number of rotatable bonds is 3. The predicted octanol–water partition coefficient (Wildman–Crippen LogP) is 14.2. The Kier molecular flexibility index (Phi) is 5.63. The van der Waals surface area contributed by atoms with E-state index < -0.39 is 0 Å². The van der Waals surface area contributed by atoms with Gasteiger partial charge in [0.2, 0.25) is 0 Å².